The molecule has 1 heterocycles. The maximum atomic E-state index is 5.26. The fourth-order valence-corrected chi connectivity index (χ4v) is 1.25. The molecule has 0 unspecified atom stereocenters. The molecule has 0 aliphatic carbocycles. The fraction of sp³-hybridized carbons (Fsp3) is 0.615. The first-order valence-corrected chi connectivity index (χ1v) is 5.71. The second-order valence-electron chi connectivity index (χ2n) is 3.43. The van der Waals surface area contributed by atoms with Gasteiger partial charge in [-0.05, 0) is 24.0 Å². The third kappa shape index (κ3) is 3.90. The predicted octanol–water partition coefficient (Wildman–Crippen LogP) is 3.80. The number of aromatic nitrogens is 1. The van der Waals surface area contributed by atoms with Crippen molar-refractivity contribution in [2.45, 2.75) is 47.0 Å². The van der Waals surface area contributed by atoms with Crippen molar-refractivity contribution in [1.29, 1.82) is 0 Å². The zero-order valence-electron chi connectivity index (χ0n) is 10.8. The first kappa shape index (κ1) is 13.9. The van der Waals surface area contributed by atoms with E-state index in [-0.39, 0.29) is 0 Å². The number of nitrogens with zero attached hydrogens (tertiary/aromatic N) is 1. The molecule has 0 N–H and O–H groups in total. The molecule has 0 aliphatic heterocycles. The zero-order valence-corrected chi connectivity index (χ0v) is 10.8. The van der Waals surface area contributed by atoms with Gasteiger partial charge in [-0.3, -0.25) is 4.98 Å². The van der Waals surface area contributed by atoms with Crippen LogP contribution in [0.1, 0.15) is 51.8 Å². The van der Waals surface area contributed by atoms with Gasteiger partial charge in [-0.15, -0.1) is 0 Å². The van der Waals surface area contributed by atoms with Gasteiger partial charge in [0.1, 0.15) is 5.75 Å². The lowest BCUT2D eigenvalue weighted by molar-refractivity contribution is 0.406. The summed E-state index contributed by atoms with van der Waals surface area (Å²) >= 11 is 0. The first-order valence-electron chi connectivity index (χ1n) is 5.71. The standard InChI is InChI=1S/C11H17NO.C2H6/c1-5-10-11(13-4)6-9(7-12-10)8(2)3;1-2/h6-8H,5H2,1-4H3;1-2H3. The van der Waals surface area contributed by atoms with Crippen molar-refractivity contribution in [1.82, 2.24) is 4.98 Å². The van der Waals surface area contributed by atoms with Crippen LogP contribution in [-0.4, -0.2) is 12.1 Å². The molecule has 1 aromatic heterocycles. The van der Waals surface area contributed by atoms with E-state index in [1.54, 1.807) is 7.11 Å². The lowest BCUT2D eigenvalue weighted by atomic mass is 10.0. The number of hydrogen-bond acceptors (Lipinski definition) is 2. The second-order valence-corrected chi connectivity index (χ2v) is 3.43. The van der Waals surface area contributed by atoms with E-state index in [1.807, 2.05) is 20.0 Å². The van der Waals surface area contributed by atoms with E-state index in [0.29, 0.717) is 5.92 Å². The van der Waals surface area contributed by atoms with Crippen molar-refractivity contribution in [2.75, 3.05) is 7.11 Å². The molecule has 1 rings (SSSR count). The van der Waals surface area contributed by atoms with E-state index in [2.05, 4.69) is 31.8 Å². The van der Waals surface area contributed by atoms with Gasteiger partial charge >= 0.3 is 0 Å². The van der Waals surface area contributed by atoms with Crippen LogP contribution in [0, 0.1) is 0 Å². The molecule has 0 radical (unpaired) electrons. The van der Waals surface area contributed by atoms with Crippen LogP contribution in [0.2, 0.25) is 0 Å². The summed E-state index contributed by atoms with van der Waals surface area (Å²) in [5.74, 6) is 1.42. The molecule has 0 saturated heterocycles. The van der Waals surface area contributed by atoms with Gasteiger partial charge in [0.2, 0.25) is 0 Å². The summed E-state index contributed by atoms with van der Waals surface area (Å²) < 4.78 is 5.26. The highest BCUT2D eigenvalue weighted by atomic mass is 16.5. The number of pyridine rings is 1. The minimum Gasteiger partial charge on any atom is -0.495 e. The Labute approximate surface area is 93.7 Å². The van der Waals surface area contributed by atoms with Crippen LogP contribution >= 0.6 is 0 Å². The number of hydrogen-bond donors (Lipinski definition) is 0. The monoisotopic (exact) mass is 209 g/mol. The number of ether oxygens (including phenoxy) is 1. The van der Waals surface area contributed by atoms with Crippen LogP contribution in [0.5, 0.6) is 5.75 Å². The molecule has 0 fully saturated rings. The molecule has 86 valence electrons. The molecular weight excluding hydrogens is 186 g/mol. The van der Waals surface area contributed by atoms with Crippen LogP contribution in [0.4, 0.5) is 0 Å². The maximum absolute atomic E-state index is 5.26. The summed E-state index contributed by atoms with van der Waals surface area (Å²) in [4.78, 5) is 4.36. The molecule has 2 heteroatoms. The SMILES string of the molecule is CC.CCc1ncc(C(C)C)cc1OC. The van der Waals surface area contributed by atoms with E-state index in [1.165, 1.54) is 5.56 Å². The largest absolute Gasteiger partial charge is 0.495 e. The minimum absolute atomic E-state index is 0.507. The van der Waals surface area contributed by atoms with Gasteiger partial charge < -0.3 is 4.74 Å². The Bertz CT molecular complexity index is 282. The van der Waals surface area contributed by atoms with Gasteiger partial charge in [0.05, 0.1) is 12.8 Å². The lowest BCUT2D eigenvalue weighted by Gasteiger charge is -2.10. The van der Waals surface area contributed by atoms with E-state index in [4.69, 9.17) is 4.74 Å². The Morgan fingerprint density at radius 1 is 1.33 bits per heavy atom. The molecule has 2 nitrogen and oxygen atoms in total. The molecule has 0 aliphatic rings. The Morgan fingerprint density at radius 2 is 1.93 bits per heavy atom. The Morgan fingerprint density at radius 3 is 2.33 bits per heavy atom. The summed E-state index contributed by atoms with van der Waals surface area (Å²) in [7, 11) is 1.69. The van der Waals surface area contributed by atoms with E-state index >= 15 is 0 Å². The topological polar surface area (TPSA) is 22.1 Å². The Balaban J connectivity index is 0.000000921. The molecule has 0 amide bonds. The Hall–Kier alpha value is -1.05. The van der Waals surface area contributed by atoms with Gasteiger partial charge in [-0.2, -0.15) is 0 Å². The van der Waals surface area contributed by atoms with Crippen molar-refractivity contribution >= 4 is 0 Å². The van der Waals surface area contributed by atoms with Gasteiger partial charge in [0.15, 0.2) is 0 Å². The summed E-state index contributed by atoms with van der Waals surface area (Å²) in [6, 6.07) is 2.08. The molecule has 0 atom stereocenters. The Kier molecular flexibility index (Phi) is 6.76. The minimum atomic E-state index is 0.507. The quantitative estimate of drug-likeness (QED) is 0.755. The molecule has 0 saturated carbocycles. The van der Waals surface area contributed by atoms with Crippen LogP contribution in [0.15, 0.2) is 12.3 Å². The number of aryl methyl sites for hydroxylation is 1. The molecule has 0 spiro atoms. The molecule has 0 bridgehead atoms. The van der Waals surface area contributed by atoms with Crippen LogP contribution in [0.3, 0.4) is 0 Å². The average molecular weight is 209 g/mol. The molecule has 1 aromatic rings. The third-order valence-electron chi connectivity index (χ3n) is 2.17. The zero-order chi connectivity index (χ0) is 11.8. The number of rotatable bonds is 3. The summed E-state index contributed by atoms with van der Waals surface area (Å²) in [6.45, 7) is 10.4. The summed E-state index contributed by atoms with van der Waals surface area (Å²) in [5.41, 5.74) is 2.26. The van der Waals surface area contributed by atoms with E-state index in [0.717, 1.165) is 17.9 Å². The van der Waals surface area contributed by atoms with Crippen molar-refractivity contribution in [3.05, 3.63) is 23.5 Å². The van der Waals surface area contributed by atoms with Crippen molar-refractivity contribution < 1.29 is 4.74 Å². The average Bonchev–Trinajstić information content (AvgIpc) is 2.30. The van der Waals surface area contributed by atoms with Crippen LogP contribution < -0.4 is 4.74 Å². The first-order chi connectivity index (χ1) is 7.19. The van der Waals surface area contributed by atoms with Crippen molar-refractivity contribution in [3.8, 4) is 5.75 Å². The fourth-order valence-electron chi connectivity index (χ4n) is 1.25. The van der Waals surface area contributed by atoms with Gasteiger partial charge in [0.25, 0.3) is 0 Å². The van der Waals surface area contributed by atoms with Crippen molar-refractivity contribution in [3.63, 3.8) is 0 Å². The van der Waals surface area contributed by atoms with Crippen molar-refractivity contribution in [2.24, 2.45) is 0 Å². The van der Waals surface area contributed by atoms with Gasteiger partial charge in [0, 0.05) is 6.20 Å². The van der Waals surface area contributed by atoms with Gasteiger partial charge in [-0.1, -0.05) is 34.6 Å². The third-order valence-corrected chi connectivity index (χ3v) is 2.17. The number of methoxy groups -OCH3 is 1. The summed E-state index contributed by atoms with van der Waals surface area (Å²) in [6.07, 6.45) is 2.85. The predicted molar refractivity (Wildman–Crippen MR) is 65.6 cm³/mol. The van der Waals surface area contributed by atoms with Gasteiger partial charge in [-0.25, -0.2) is 0 Å². The smallest absolute Gasteiger partial charge is 0.140 e. The highest BCUT2D eigenvalue weighted by molar-refractivity contribution is 5.32. The van der Waals surface area contributed by atoms with Crippen LogP contribution in [0.25, 0.3) is 0 Å². The van der Waals surface area contributed by atoms with E-state index in [9.17, 15) is 0 Å². The highest BCUT2D eigenvalue weighted by Crippen LogP contribution is 2.22. The van der Waals surface area contributed by atoms with Crippen LogP contribution in [-0.2, 0) is 6.42 Å². The summed E-state index contributed by atoms with van der Waals surface area (Å²) in [5, 5.41) is 0. The lowest BCUT2D eigenvalue weighted by Crippen LogP contribution is -1.97. The second kappa shape index (κ2) is 7.27. The molecule has 15 heavy (non-hydrogen) atoms. The normalized spacial score (nSPS) is 9.53. The van der Waals surface area contributed by atoms with E-state index < -0.39 is 0 Å². The maximum Gasteiger partial charge on any atom is 0.140 e. The molecule has 0 aromatic carbocycles. The molecular formula is C13H23NO. The highest BCUT2D eigenvalue weighted by Gasteiger charge is 2.06.